The SMILES string of the molecule is COCCN1CC2=C(C1=O)[C@H](c1ccc(C(=O)OC)cc1)NC(=O)N2. The molecule has 0 unspecified atom stereocenters. The minimum absolute atomic E-state index is 0.137. The lowest BCUT2D eigenvalue weighted by Gasteiger charge is -2.25. The molecular formula is C17H19N3O5. The summed E-state index contributed by atoms with van der Waals surface area (Å²) in [6.07, 6.45) is 0. The number of benzene rings is 1. The maximum Gasteiger partial charge on any atom is 0.337 e. The Morgan fingerprint density at radius 3 is 2.60 bits per heavy atom. The molecule has 132 valence electrons. The van der Waals surface area contributed by atoms with Crippen LogP contribution in [0.3, 0.4) is 0 Å². The highest BCUT2D eigenvalue weighted by Gasteiger charge is 2.40. The van der Waals surface area contributed by atoms with E-state index in [2.05, 4.69) is 15.4 Å². The quantitative estimate of drug-likeness (QED) is 0.761. The van der Waals surface area contributed by atoms with Gasteiger partial charge in [-0.1, -0.05) is 12.1 Å². The highest BCUT2D eigenvalue weighted by atomic mass is 16.5. The fourth-order valence-corrected chi connectivity index (χ4v) is 2.99. The van der Waals surface area contributed by atoms with E-state index in [1.807, 2.05) is 0 Å². The van der Waals surface area contributed by atoms with E-state index < -0.39 is 12.0 Å². The summed E-state index contributed by atoms with van der Waals surface area (Å²) in [4.78, 5) is 37.8. The summed E-state index contributed by atoms with van der Waals surface area (Å²) in [6, 6.07) is 5.71. The molecule has 0 aromatic heterocycles. The van der Waals surface area contributed by atoms with Crippen LogP contribution < -0.4 is 10.6 Å². The van der Waals surface area contributed by atoms with Gasteiger partial charge in [0.2, 0.25) is 0 Å². The molecular weight excluding hydrogens is 326 g/mol. The Morgan fingerprint density at radius 2 is 1.96 bits per heavy atom. The third-order valence-electron chi connectivity index (χ3n) is 4.25. The van der Waals surface area contributed by atoms with Gasteiger partial charge in [-0.2, -0.15) is 0 Å². The maximum atomic E-state index is 12.7. The second kappa shape index (κ2) is 6.94. The molecule has 2 heterocycles. The molecule has 0 bridgehead atoms. The number of hydrogen-bond donors (Lipinski definition) is 2. The zero-order valence-corrected chi connectivity index (χ0v) is 14.0. The average molecular weight is 345 g/mol. The Balaban J connectivity index is 1.87. The first-order chi connectivity index (χ1) is 12.0. The molecule has 0 fully saturated rings. The lowest BCUT2D eigenvalue weighted by atomic mass is 9.95. The molecule has 8 heteroatoms. The van der Waals surface area contributed by atoms with Crippen LogP contribution in [0.2, 0.25) is 0 Å². The number of rotatable bonds is 5. The van der Waals surface area contributed by atoms with Crippen molar-refractivity contribution >= 4 is 17.9 Å². The van der Waals surface area contributed by atoms with E-state index in [4.69, 9.17) is 4.74 Å². The minimum atomic E-state index is -0.560. The van der Waals surface area contributed by atoms with E-state index in [0.29, 0.717) is 36.5 Å². The molecule has 0 radical (unpaired) electrons. The Labute approximate surface area is 144 Å². The van der Waals surface area contributed by atoms with Crippen molar-refractivity contribution in [1.29, 1.82) is 0 Å². The van der Waals surface area contributed by atoms with E-state index in [1.165, 1.54) is 7.11 Å². The molecule has 3 amide bonds. The number of ether oxygens (including phenoxy) is 2. The van der Waals surface area contributed by atoms with Crippen molar-refractivity contribution < 1.29 is 23.9 Å². The number of amides is 3. The van der Waals surface area contributed by atoms with Gasteiger partial charge in [-0.3, -0.25) is 4.79 Å². The van der Waals surface area contributed by atoms with Crippen molar-refractivity contribution in [2.45, 2.75) is 6.04 Å². The summed E-state index contributed by atoms with van der Waals surface area (Å²) in [6.45, 7) is 1.22. The van der Waals surface area contributed by atoms with Gasteiger partial charge in [-0.05, 0) is 17.7 Å². The summed E-state index contributed by atoms with van der Waals surface area (Å²) < 4.78 is 9.70. The Morgan fingerprint density at radius 1 is 1.24 bits per heavy atom. The summed E-state index contributed by atoms with van der Waals surface area (Å²) in [5.41, 5.74) is 2.24. The zero-order valence-electron chi connectivity index (χ0n) is 14.0. The second-order valence-corrected chi connectivity index (χ2v) is 5.76. The number of esters is 1. The molecule has 8 nitrogen and oxygen atoms in total. The molecule has 2 N–H and O–H groups in total. The third-order valence-corrected chi connectivity index (χ3v) is 4.25. The summed E-state index contributed by atoms with van der Waals surface area (Å²) in [5.74, 6) is -0.579. The third kappa shape index (κ3) is 3.20. The molecule has 2 aliphatic heterocycles. The number of nitrogens with one attached hydrogen (secondary N) is 2. The predicted octanol–water partition coefficient (Wildman–Crippen LogP) is 0.570. The van der Waals surface area contributed by atoms with Gasteiger partial charge in [0.15, 0.2) is 0 Å². The van der Waals surface area contributed by atoms with Crippen LogP contribution in [0.15, 0.2) is 35.5 Å². The van der Waals surface area contributed by atoms with Crippen molar-refractivity contribution in [1.82, 2.24) is 15.5 Å². The van der Waals surface area contributed by atoms with E-state index in [-0.39, 0.29) is 11.9 Å². The van der Waals surface area contributed by atoms with E-state index >= 15 is 0 Å². The molecule has 0 saturated heterocycles. The standard InChI is InChI=1S/C17H19N3O5/c1-24-8-7-20-9-12-13(15(20)21)14(19-17(23)18-12)10-3-5-11(6-4-10)16(22)25-2/h3-6,14H,7-9H2,1-2H3,(H2,18,19,23)/t14-/m0/s1. The smallest absolute Gasteiger partial charge is 0.337 e. The van der Waals surface area contributed by atoms with E-state index in [9.17, 15) is 14.4 Å². The van der Waals surface area contributed by atoms with Crippen LogP contribution in [0.25, 0.3) is 0 Å². The number of hydrogen-bond acceptors (Lipinski definition) is 5. The number of nitrogens with zero attached hydrogens (tertiary/aromatic N) is 1. The van der Waals surface area contributed by atoms with Gasteiger partial charge in [-0.25, -0.2) is 9.59 Å². The highest BCUT2D eigenvalue weighted by Crippen LogP contribution is 2.32. The Bertz CT molecular complexity index is 741. The van der Waals surface area contributed by atoms with Crippen LogP contribution >= 0.6 is 0 Å². The number of carbonyl (C=O) groups is 3. The normalized spacial score (nSPS) is 19.4. The molecule has 0 spiro atoms. The first-order valence-electron chi connectivity index (χ1n) is 7.82. The van der Waals surface area contributed by atoms with Gasteiger partial charge >= 0.3 is 12.0 Å². The van der Waals surface area contributed by atoms with Crippen LogP contribution in [-0.4, -0.2) is 56.7 Å². The van der Waals surface area contributed by atoms with Gasteiger partial charge in [0.25, 0.3) is 5.91 Å². The lowest BCUT2D eigenvalue weighted by Crippen LogP contribution is -2.44. The zero-order chi connectivity index (χ0) is 18.0. The fraction of sp³-hybridized carbons (Fsp3) is 0.353. The molecule has 2 aliphatic rings. The Kier molecular flexibility index (Phi) is 4.71. The largest absolute Gasteiger partial charge is 0.465 e. The van der Waals surface area contributed by atoms with Crippen molar-refractivity contribution in [2.75, 3.05) is 33.9 Å². The maximum absolute atomic E-state index is 12.7. The van der Waals surface area contributed by atoms with Gasteiger partial charge in [0.05, 0.1) is 43.1 Å². The van der Waals surface area contributed by atoms with E-state index in [1.54, 1.807) is 36.3 Å². The van der Waals surface area contributed by atoms with E-state index in [0.717, 1.165) is 5.56 Å². The van der Waals surface area contributed by atoms with Crippen molar-refractivity contribution in [3.63, 3.8) is 0 Å². The van der Waals surface area contributed by atoms with Gasteiger partial charge in [-0.15, -0.1) is 0 Å². The second-order valence-electron chi connectivity index (χ2n) is 5.76. The minimum Gasteiger partial charge on any atom is -0.465 e. The van der Waals surface area contributed by atoms with Crippen LogP contribution in [0.4, 0.5) is 4.79 Å². The number of carbonyl (C=O) groups excluding carboxylic acids is 3. The molecule has 1 aromatic rings. The molecule has 0 aliphatic carbocycles. The molecule has 25 heavy (non-hydrogen) atoms. The van der Waals surface area contributed by atoms with Crippen LogP contribution in [0.5, 0.6) is 0 Å². The highest BCUT2D eigenvalue weighted by molar-refractivity contribution is 6.01. The fourth-order valence-electron chi connectivity index (χ4n) is 2.99. The van der Waals surface area contributed by atoms with Crippen LogP contribution in [0.1, 0.15) is 22.0 Å². The molecule has 3 rings (SSSR count). The van der Waals surface area contributed by atoms with Crippen molar-refractivity contribution in [2.24, 2.45) is 0 Å². The first-order valence-corrected chi connectivity index (χ1v) is 7.82. The van der Waals surface area contributed by atoms with Crippen LogP contribution in [0, 0.1) is 0 Å². The van der Waals surface area contributed by atoms with Gasteiger partial charge < -0.3 is 25.0 Å². The Hall–Kier alpha value is -2.87. The lowest BCUT2D eigenvalue weighted by molar-refractivity contribution is -0.126. The summed E-state index contributed by atoms with van der Waals surface area (Å²) in [7, 11) is 2.88. The number of methoxy groups -OCH3 is 2. The average Bonchev–Trinajstić information content (AvgIpc) is 2.94. The monoisotopic (exact) mass is 345 g/mol. The molecule has 1 aromatic carbocycles. The summed E-state index contributed by atoms with van der Waals surface area (Å²) in [5, 5.41) is 5.48. The molecule has 0 saturated carbocycles. The van der Waals surface area contributed by atoms with Gasteiger partial charge in [0.1, 0.15) is 0 Å². The topological polar surface area (TPSA) is 97.0 Å². The van der Waals surface area contributed by atoms with Crippen molar-refractivity contribution in [3.05, 3.63) is 46.7 Å². The summed E-state index contributed by atoms with van der Waals surface area (Å²) >= 11 is 0. The van der Waals surface area contributed by atoms with Crippen molar-refractivity contribution in [3.8, 4) is 0 Å². The first kappa shape index (κ1) is 17.0. The molecule has 1 atom stereocenters. The van der Waals surface area contributed by atoms with Crippen LogP contribution in [-0.2, 0) is 14.3 Å². The van der Waals surface area contributed by atoms with Gasteiger partial charge in [0, 0.05) is 13.7 Å². The number of urea groups is 1. The predicted molar refractivity (Wildman–Crippen MR) is 87.7 cm³/mol.